The van der Waals surface area contributed by atoms with Crippen molar-refractivity contribution in [3.8, 4) is 11.3 Å². The van der Waals surface area contributed by atoms with Crippen molar-refractivity contribution in [3.63, 3.8) is 0 Å². The van der Waals surface area contributed by atoms with Crippen molar-refractivity contribution in [1.29, 1.82) is 0 Å². The number of furan rings is 1. The van der Waals surface area contributed by atoms with E-state index in [-0.39, 0.29) is 0 Å². The molecule has 4 aromatic rings. The third kappa shape index (κ3) is 2.24. The number of fused-ring (bicyclic) bond motifs is 3. The molecule has 2 aromatic heterocycles. The fraction of sp³-hybridized carbons (Fsp3) is 0.385. The molecule has 4 saturated carbocycles. The van der Waals surface area contributed by atoms with Crippen molar-refractivity contribution >= 4 is 22.1 Å². The second-order valence-corrected chi connectivity index (χ2v) is 9.74. The van der Waals surface area contributed by atoms with Gasteiger partial charge < -0.3 is 4.42 Å². The Bertz CT molecular complexity index is 1200. The molecule has 3 nitrogen and oxygen atoms in total. The summed E-state index contributed by atoms with van der Waals surface area (Å²) in [5, 5.41) is 1.24. The molecule has 3 heteroatoms. The van der Waals surface area contributed by atoms with Crippen LogP contribution >= 0.6 is 0 Å². The molecule has 29 heavy (non-hydrogen) atoms. The normalized spacial score (nSPS) is 30.4. The maximum atomic E-state index is 6.42. The number of hydrogen-bond donors (Lipinski definition) is 0. The second-order valence-electron chi connectivity index (χ2n) is 9.74. The summed E-state index contributed by atoms with van der Waals surface area (Å²) in [5.74, 6) is 2.76. The summed E-state index contributed by atoms with van der Waals surface area (Å²) in [5.41, 5.74) is 6.56. The van der Waals surface area contributed by atoms with Crippen LogP contribution in [-0.4, -0.2) is 9.97 Å². The summed E-state index contributed by atoms with van der Waals surface area (Å²) in [6.07, 6.45) is 10.1. The Morgan fingerprint density at radius 1 is 0.793 bits per heavy atom. The standard InChI is InChI=1S/C26H24N2O/c1-2-5-19(6-3-1)23-25-24(28-15-27-23)22-20(7-4-8-21(22)29-25)26-12-16-9-17(13-26)11-18(10-16)14-26/h1-8,15-18H,9-14H2. The SMILES string of the molecule is c1ccc(-c2ncnc3c2oc2cccc(C45CC6CC(CC(C6)C4)C5)c23)cc1. The molecule has 2 aromatic carbocycles. The largest absolute Gasteiger partial charge is 0.452 e. The van der Waals surface area contributed by atoms with Gasteiger partial charge in [0.25, 0.3) is 0 Å². The number of rotatable bonds is 2. The predicted molar refractivity (Wildman–Crippen MR) is 115 cm³/mol. The van der Waals surface area contributed by atoms with Gasteiger partial charge in [0.1, 0.15) is 23.1 Å². The van der Waals surface area contributed by atoms with Gasteiger partial charge in [0.2, 0.25) is 0 Å². The predicted octanol–water partition coefficient (Wildman–Crippen LogP) is 6.51. The molecule has 0 amide bonds. The quantitative estimate of drug-likeness (QED) is 0.398. The highest BCUT2D eigenvalue weighted by Crippen LogP contribution is 2.61. The zero-order valence-electron chi connectivity index (χ0n) is 16.5. The van der Waals surface area contributed by atoms with Crippen LogP contribution in [0.4, 0.5) is 0 Å². The molecular formula is C26H24N2O. The van der Waals surface area contributed by atoms with Gasteiger partial charge in [0, 0.05) is 5.56 Å². The van der Waals surface area contributed by atoms with Gasteiger partial charge >= 0.3 is 0 Å². The van der Waals surface area contributed by atoms with Crippen molar-refractivity contribution in [2.75, 3.05) is 0 Å². The Kier molecular flexibility index (Phi) is 3.17. The second kappa shape index (κ2) is 5.69. The summed E-state index contributed by atoms with van der Waals surface area (Å²) in [7, 11) is 0. The van der Waals surface area contributed by atoms with E-state index in [1.807, 2.05) is 18.2 Å². The Balaban J connectivity index is 1.49. The molecule has 0 spiro atoms. The highest BCUT2D eigenvalue weighted by molar-refractivity contribution is 6.08. The van der Waals surface area contributed by atoms with Crippen LogP contribution in [0.3, 0.4) is 0 Å². The van der Waals surface area contributed by atoms with Crippen LogP contribution in [-0.2, 0) is 5.41 Å². The molecule has 8 rings (SSSR count). The Hall–Kier alpha value is -2.68. The molecule has 2 heterocycles. The maximum absolute atomic E-state index is 6.42. The van der Waals surface area contributed by atoms with E-state index < -0.39 is 0 Å². The van der Waals surface area contributed by atoms with E-state index in [4.69, 9.17) is 9.40 Å². The lowest BCUT2D eigenvalue weighted by molar-refractivity contribution is -0.00448. The smallest absolute Gasteiger partial charge is 0.180 e. The third-order valence-corrected chi connectivity index (χ3v) is 7.94. The third-order valence-electron chi connectivity index (χ3n) is 7.94. The van der Waals surface area contributed by atoms with Crippen molar-refractivity contribution in [1.82, 2.24) is 9.97 Å². The Labute approximate surface area is 170 Å². The van der Waals surface area contributed by atoms with Crippen LogP contribution in [0.1, 0.15) is 44.1 Å². The molecule has 4 aliphatic rings. The van der Waals surface area contributed by atoms with E-state index >= 15 is 0 Å². The van der Waals surface area contributed by atoms with Crippen LogP contribution < -0.4 is 0 Å². The molecule has 4 fully saturated rings. The minimum absolute atomic E-state index is 0.322. The van der Waals surface area contributed by atoms with Gasteiger partial charge in [-0.3, -0.25) is 0 Å². The van der Waals surface area contributed by atoms with Crippen LogP contribution in [0.15, 0.2) is 59.3 Å². The lowest BCUT2D eigenvalue weighted by Gasteiger charge is -2.57. The fourth-order valence-corrected chi connectivity index (χ4v) is 7.30. The van der Waals surface area contributed by atoms with Gasteiger partial charge in [0.15, 0.2) is 5.58 Å². The molecule has 0 aliphatic heterocycles. The monoisotopic (exact) mass is 380 g/mol. The van der Waals surface area contributed by atoms with E-state index in [0.717, 1.165) is 45.7 Å². The van der Waals surface area contributed by atoms with E-state index in [9.17, 15) is 0 Å². The van der Waals surface area contributed by atoms with Crippen LogP contribution in [0.25, 0.3) is 33.3 Å². The van der Waals surface area contributed by atoms with Crippen LogP contribution in [0.5, 0.6) is 0 Å². The maximum Gasteiger partial charge on any atom is 0.180 e. The van der Waals surface area contributed by atoms with Crippen molar-refractivity contribution in [2.24, 2.45) is 17.8 Å². The molecule has 0 N–H and O–H groups in total. The van der Waals surface area contributed by atoms with Crippen LogP contribution in [0.2, 0.25) is 0 Å². The average Bonchev–Trinajstić information content (AvgIpc) is 3.12. The minimum atomic E-state index is 0.322. The molecule has 0 saturated heterocycles. The van der Waals surface area contributed by atoms with E-state index in [1.54, 1.807) is 6.33 Å². The Morgan fingerprint density at radius 2 is 1.52 bits per heavy atom. The molecule has 4 aliphatic carbocycles. The van der Waals surface area contributed by atoms with Crippen molar-refractivity contribution < 1.29 is 4.42 Å². The molecule has 0 radical (unpaired) electrons. The average molecular weight is 380 g/mol. The lowest BCUT2D eigenvalue weighted by Crippen LogP contribution is -2.48. The molecular weight excluding hydrogens is 356 g/mol. The summed E-state index contributed by atoms with van der Waals surface area (Å²) >= 11 is 0. The fourth-order valence-electron chi connectivity index (χ4n) is 7.30. The van der Waals surface area contributed by atoms with E-state index in [2.05, 4.69) is 35.3 Å². The molecule has 144 valence electrons. The first-order valence-corrected chi connectivity index (χ1v) is 11.0. The number of benzene rings is 2. The summed E-state index contributed by atoms with van der Waals surface area (Å²) in [4.78, 5) is 9.33. The van der Waals surface area contributed by atoms with Gasteiger partial charge in [-0.1, -0.05) is 42.5 Å². The minimum Gasteiger partial charge on any atom is -0.452 e. The summed E-state index contributed by atoms with van der Waals surface area (Å²) in [6, 6.07) is 17.0. The summed E-state index contributed by atoms with van der Waals surface area (Å²) in [6.45, 7) is 0. The van der Waals surface area contributed by atoms with E-state index in [0.29, 0.717) is 5.41 Å². The summed E-state index contributed by atoms with van der Waals surface area (Å²) < 4.78 is 6.42. The topological polar surface area (TPSA) is 38.9 Å². The van der Waals surface area contributed by atoms with Gasteiger partial charge in [-0.2, -0.15) is 0 Å². The Morgan fingerprint density at radius 3 is 2.24 bits per heavy atom. The van der Waals surface area contributed by atoms with Gasteiger partial charge in [0.05, 0.1) is 5.39 Å². The van der Waals surface area contributed by atoms with Crippen LogP contribution in [0, 0.1) is 17.8 Å². The number of hydrogen-bond acceptors (Lipinski definition) is 3. The first kappa shape index (κ1) is 16.2. The number of nitrogens with zero attached hydrogens (tertiary/aromatic N) is 2. The van der Waals surface area contributed by atoms with Crippen molar-refractivity contribution in [2.45, 2.75) is 43.9 Å². The number of aromatic nitrogens is 2. The zero-order chi connectivity index (χ0) is 19.0. The first-order chi connectivity index (χ1) is 14.3. The van der Waals surface area contributed by atoms with E-state index in [1.165, 1.54) is 49.5 Å². The molecule has 0 unspecified atom stereocenters. The van der Waals surface area contributed by atoms with Crippen molar-refractivity contribution in [3.05, 3.63) is 60.4 Å². The molecule has 4 bridgehead atoms. The lowest BCUT2D eigenvalue weighted by atomic mass is 9.48. The van der Waals surface area contributed by atoms with Gasteiger partial charge in [-0.05, 0) is 73.3 Å². The highest BCUT2D eigenvalue weighted by atomic mass is 16.3. The zero-order valence-corrected chi connectivity index (χ0v) is 16.5. The first-order valence-electron chi connectivity index (χ1n) is 11.0. The highest BCUT2D eigenvalue weighted by Gasteiger charge is 2.52. The molecule has 0 atom stereocenters. The van der Waals surface area contributed by atoms with Gasteiger partial charge in [-0.25, -0.2) is 9.97 Å². The van der Waals surface area contributed by atoms with Gasteiger partial charge in [-0.15, -0.1) is 0 Å².